The van der Waals surface area contributed by atoms with Crippen LogP contribution in [0.15, 0.2) is 48.7 Å². The molecule has 0 N–H and O–H groups in total. The largest absolute Gasteiger partial charge is 0.477 e. The second kappa shape index (κ2) is 6.51. The summed E-state index contributed by atoms with van der Waals surface area (Å²) in [6, 6.07) is 14.1. The molecule has 124 valence electrons. The molecule has 3 heterocycles. The van der Waals surface area contributed by atoms with Gasteiger partial charge in [0.05, 0.1) is 17.6 Å². The van der Waals surface area contributed by atoms with E-state index in [0.29, 0.717) is 18.4 Å². The molecule has 1 aliphatic rings. The lowest BCUT2D eigenvalue weighted by Gasteiger charge is -2.33. The molecule has 3 aromatic rings. The summed E-state index contributed by atoms with van der Waals surface area (Å²) >= 11 is 0. The van der Waals surface area contributed by atoms with Gasteiger partial charge in [0.1, 0.15) is 0 Å². The standard InChI is InChI=1S/C19H22N4O/c1-22-17-9-3-2-8-16(17)21-19(22)23-12-6-7-15(13-23)14-24-18-10-4-5-11-20-18/h2-5,8-11,15H,6-7,12-14H2,1H3. The molecule has 0 radical (unpaired) electrons. The molecule has 2 aromatic heterocycles. The molecule has 1 aliphatic heterocycles. The van der Waals surface area contributed by atoms with Gasteiger partial charge in [-0.05, 0) is 31.0 Å². The average Bonchev–Trinajstić information content (AvgIpc) is 2.98. The highest BCUT2D eigenvalue weighted by Gasteiger charge is 2.24. The van der Waals surface area contributed by atoms with E-state index in [1.165, 1.54) is 18.4 Å². The molecule has 0 spiro atoms. The van der Waals surface area contributed by atoms with Crippen molar-refractivity contribution < 1.29 is 4.74 Å². The summed E-state index contributed by atoms with van der Waals surface area (Å²) in [4.78, 5) is 11.4. The Kier molecular flexibility index (Phi) is 4.07. The van der Waals surface area contributed by atoms with Gasteiger partial charge >= 0.3 is 0 Å². The van der Waals surface area contributed by atoms with E-state index in [1.807, 2.05) is 24.3 Å². The highest BCUT2D eigenvalue weighted by Crippen LogP contribution is 2.26. The Morgan fingerprint density at radius 1 is 1.17 bits per heavy atom. The monoisotopic (exact) mass is 322 g/mol. The zero-order chi connectivity index (χ0) is 16.4. The van der Waals surface area contributed by atoms with Crippen LogP contribution in [0, 0.1) is 5.92 Å². The van der Waals surface area contributed by atoms with E-state index in [1.54, 1.807) is 6.20 Å². The lowest BCUT2D eigenvalue weighted by molar-refractivity contribution is 0.221. The van der Waals surface area contributed by atoms with Crippen LogP contribution in [-0.2, 0) is 7.05 Å². The molecular weight excluding hydrogens is 300 g/mol. The molecule has 1 unspecified atom stereocenters. The minimum absolute atomic E-state index is 0.501. The van der Waals surface area contributed by atoms with Gasteiger partial charge in [0.2, 0.25) is 11.8 Å². The first-order valence-corrected chi connectivity index (χ1v) is 8.51. The molecule has 0 aliphatic carbocycles. The number of aromatic nitrogens is 3. The Hall–Kier alpha value is -2.56. The third kappa shape index (κ3) is 2.94. The maximum absolute atomic E-state index is 5.85. The summed E-state index contributed by atoms with van der Waals surface area (Å²) in [7, 11) is 2.10. The number of anilines is 1. The molecule has 1 fully saturated rings. The molecule has 1 saturated heterocycles. The van der Waals surface area contributed by atoms with Crippen molar-refractivity contribution in [1.29, 1.82) is 0 Å². The topological polar surface area (TPSA) is 43.2 Å². The van der Waals surface area contributed by atoms with Crippen molar-refractivity contribution in [3.63, 3.8) is 0 Å². The Morgan fingerprint density at radius 3 is 2.88 bits per heavy atom. The van der Waals surface area contributed by atoms with Crippen molar-refractivity contribution in [2.45, 2.75) is 12.8 Å². The first-order valence-electron chi connectivity index (χ1n) is 8.51. The molecule has 5 heteroatoms. The Labute approximate surface area is 141 Å². The zero-order valence-electron chi connectivity index (χ0n) is 13.9. The number of ether oxygens (including phenoxy) is 1. The van der Waals surface area contributed by atoms with Crippen LogP contribution in [0.4, 0.5) is 5.95 Å². The first kappa shape index (κ1) is 15.0. The van der Waals surface area contributed by atoms with Crippen molar-refractivity contribution in [3.8, 4) is 5.88 Å². The molecule has 0 saturated carbocycles. The Balaban J connectivity index is 1.47. The van der Waals surface area contributed by atoms with E-state index < -0.39 is 0 Å². The van der Waals surface area contributed by atoms with Gasteiger partial charge in [-0.2, -0.15) is 0 Å². The van der Waals surface area contributed by atoms with Crippen molar-refractivity contribution in [3.05, 3.63) is 48.7 Å². The fourth-order valence-corrected chi connectivity index (χ4v) is 3.43. The number of fused-ring (bicyclic) bond motifs is 1. The summed E-state index contributed by atoms with van der Waals surface area (Å²) in [6.07, 6.45) is 4.12. The molecule has 5 nitrogen and oxygen atoms in total. The lowest BCUT2D eigenvalue weighted by Crippen LogP contribution is -2.39. The number of nitrogens with zero attached hydrogens (tertiary/aromatic N) is 4. The van der Waals surface area contributed by atoms with Gasteiger partial charge in [0.15, 0.2) is 0 Å². The number of para-hydroxylation sites is 2. The minimum atomic E-state index is 0.501. The van der Waals surface area contributed by atoms with Crippen molar-refractivity contribution in [1.82, 2.24) is 14.5 Å². The van der Waals surface area contributed by atoms with Crippen molar-refractivity contribution in [2.24, 2.45) is 13.0 Å². The number of benzene rings is 1. The smallest absolute Gasteiger partial charge is 0.213 e. The third-order valence-corrected chi connectivity index (χ3v) is 4.67. The fraction of sp³-hybridized carbons (Fsp3) is 0.368. The SMILES string of the molecule is Cn1c(N2CCCC(COc3ccccn3)C2)nc2ccccc21. The Morgan fingerprint density at radius 2 is 2.04 bits per heavy atom. The maximum atomic E-state index is 5.85. The van der Waals surface area contributed by atoms with E-state index in [0.717, 1.165) is 24.6 Å². The molecule has 0 amide bonds. The first-order chi connectivity index (χ1) is 11.8. The van der Waals surface area contributed by atoms with Crippen LogP contribution in [0.5, 0.6) is 5.88 Å². The molecule has 24 heavy (non-hydrogen) atoms. The third-order valence-electron chi connectivity index (χ3n) is 4.67. The van der Waals surface area contributed by atoms with E-state index >= 15 is 0 Å². The van der Waals surface area contributed by atoms with Crippen LogP contribution < -0.4 is 9.64 Å². The normalized spacial score (nSPS) is 18.0. The van der Waals surface area contributed by atoms with Crippen LogP contribution in [0.25, 0.3) is 11.0 Å². The van der Waals surface area contributed by atoms with E-state index in [2.05, 4.69) is 39.7 Å². The predicted octanol–water partition coefficient (Wildman–Crippen LogP) is 3.26. The van der Waals surface area contributed by atoms with Crippen LogP contribution in [0.2, 0.25) is 0 Å². The highest BCUT2D eigenvalue weighted by molar-refractivity contribution is 5.78. The van der Waals surface area contributed by atoms with Gasteiger partial charge in [-0.1, -0.05) is 18.2 Å². The highest BCUT2D eigenvalue weighted by atomic mass is 16.5. The molecule has 4 rings (SSSR count). The van der Waals surface area contributed by atoms with Crippen LogP contribution in [-0.4, -0.2) is 34.2 Å². The number of imidazole rings is 1. The zero-order valence-corrected chi connectivity index (χ0v) is 13.9. The van der Waals surface area contributed by atoms with Gasteiger partial charge in [0, 0.05) is 38.3 Å². The summed E-state index contributed by atoms with van der Waals surface area (Å²) in [5.74, 6) is 2.26. The quantitative estimate of drug-likeness (QED) is 0.739. The summed E-state index contributed by atoms with van der Waals surface area (Å²) in [5, 5.41) is 0. The average molecular weight is 322 g/mol. The summed E-state index contributed by atoms with van der Waals surface area (Å²) in [5.41, 5.74) is 2.24. The second-order valence-corrected chi connectivity index (χ2v) is 6.39. The number of pyridine rings is 1. The van der Waals surface area contributed by atoms with E-state index in [4.69, 9.17) is 9.72 Å². The van der Waals surface area contributed by atoms with E-state index in [9.17, 15) is 0 Å². The van der Waals surface area contributed by atoms with Gasteiger partial charge < -0.3 is 14.2 Å². The lowest BCUT2D eigenvalue weighted by atomic mass is 9.99. The predicted molar refractivity (Wildman–Crippen MR) is 95.4 cm³/mol. The van der Waals surface area contributed by atoms with Crippen LogP contribution in [0.1, 0.15) is 12.8 Å². The van der Waals surface area contributed by atoms with Gasteiger partial charge in [-0.3, -0.25) is 0 Å². The van der Waals surface area contributed by atoms with Gasteiger partial charge in [-0.15, -0.1) is 0 Å². The number of hydrogen-bond acceptors (Lipinski definition) is 4. The summed E-state index contributed by atoms with van der Waals surface area (Å²) < 4.78 is 8.05. The van der Waals surface area contributed by atoms with Gasteiger partial charge in [0.25, 0.3) is 0 Å². The molecule has 1 atom stereocenters. The molecular formula is C19H22N4O. The fourth-order valence-electron chi connectivity index (χ4n) is 3.43. The van der Waals surface area contributed by atoms with Crippen molar-refractivity contribution >= 4 is 17.0 Å². The minimum Gasteiger partial charge on any atom is -0.477 e. The number of aryl methyl sites for hydroxylation is 1. The van der Waals surface area contributed by atoms with Crippen LogP contribution in [0.3, 0.4) is 0 Å². The number of piperidine rings is 1. The van der Waals surface area contributed by atoms with Gasteiger partial charge in [-0.25, -0.2) is 9.97 Å². The second-order valence-electron chi connectivity index (χ2n) is 6.39. The molecule has 0 bridgehead atoms. The van der Waals surface area contributed by atoms with Crippen molar-refractivity contribution in [2.75, 3.05) is 24.6 Å². The Bertz CT molecular complexity index is 815. The molecule has 1 aromatic carbocycles. The summed E-state index contributed by atoms with van der Waals surface area (Å²) in [6.45, 7) is 2.73. The van der Waals surface area contributed by atoms with Crippen LogP contribution >= 0.6 is 0 Å². The number of hydrogen-bond donors (Lipinski definition) is 0. The number of rotatable bonds is 4. The van der Waals surface area contributed by atoms with E-state index in [-0.39, 0.29) is 0 Å². The maximum Gasteiger partial charge on any atom is 0.213 e.